The van der Waals surface area contributed by atoms with Crippen molar-refractivity contribution in [3.8, 4) is 0 Å². The Kier molecular flexibility index (Phi) is 3.32. The first kappa shape index (κ1) is 13.0. The summed E-state index contributed by atoms with van der Waals surface area (Å²) in [6, 6.07) is 7.94. The molecule has 7 nitrogen and oxygen atoms in total. The molecule has 1 fully saturated rings. The Labute approximate surface area is 127 Å². The van der Waals surface area contributed by atoms with Crippen LogP contribution in [0, 0.1) is 0 Å². The Morgan fingerprint density at radius 1 is 1.14 bits per heavy atom. The predicted molar refractivity (Wildman–Crippen MR) is 86.5 cm³/mol. The fraction of sp³-hybridized carbons (Fsp3) is 0.267. The molecule has 0 atom stereocenters. The minimum Gasteiger partial charge on any atom is -0.340 e. The number of benzene rings is 1. The third-order valence-corrected chi connectivity index (χ3v) is 3.76. The zero-order valence-electron chi connectivity index (χ0n) is 12.1. The average Bonchev–Trinajstić information content (AvgIpc) is 3.04. The first-order valence-electron chi connectivity index (χ1n) is 7.37. The largest absolute Gasteiger partial charge is 0.340 e. The maximum absolute atomic E-state index is 4.61. The molecule has 2 aromatic heterocycles. The van der Waals surface area contributed by atoms with Gasteiger partial charge in [0.2, 0.25) is 5.95 Å². The first-order valence-corrected chi connectivity index (χ1v) is 7.37. The molecular formula is C15H17N7. The molecule has 0 bridgehead atoms. The molecule has 1 aliphatic heterocycles. The van der Waals surface area contributed by atoms with Gasteiger partial charge in [-0.05, 0) is 24.3 Å². The number of aromatic amines is 1. The molecule has 0 spiro atoms. The summed E-state index contributed by atoms with van der Waals surface area (Å²) >= 11 is 0. The van der Waals surface area contributed by atoms with Gasteiger partial charge >= 0.3 is 0 Å². The van der Waals surface area contributed by atoms with Crippen LogP contribution >= 0.6 is 0 Å². The highest BCUT2D eigenvalue weighted by Crippen LogP contribution is 2.21. The van der Waals surface area contributed by atoms with Gasteiger partial charge in [-0.1, -0.05) is 0 Å². The summed E-state index contributed by atoms with van der Waals surface area (Å²) in [7, 11) is 0. The van der Waals surface area contributed by atoms with E-state index in [9.17, 15) is 0 Å². The number of H-pyrrole nitrogens is 1. The van der Waals surface area contributed by atoms with Gasteiger partial charge in [0.15, 0.2) is 0 Å². The number of anilines is 3. The molecule has 7 heteroatoms. The van der Waals surface area contributed by atoms with Crippen LogP contribution in [-0.4, -0.2) is 46.3 Å². The van der Waals surface area contributed by atoms with E-state index in [1.807, 2.05) is 30.5 Å². The number of hydrogen-bond acceptors (Lipinski definition) is 6. The summed E-state index contributed by atoms with van der Waals surface area (Å²) in [6.07, 6.45) is 3.61. The number of rotatable bonds is 3. The van der Waals surface area contributed by atoms with Gasteiger partial charge in [-0.25, -0.2) is 4.98 Å². The zero-order chi connectivity index (χ0) is 14.8. The lowest BCUT2D eigenvalue weighted by molar-refractivity contribution is 0.580. The van der Waals surface area contributed by atoms with Crippen LogP contribution in [0.2, 0.25) is 0 Å². The van der Waals surface area contributed by atoms with Gasteiger partial charge in [0.1, 0.15) is 5.82 Å². The van der Waals surface area contributed by atoms with Crippen LogP contribution in [0.25, 0.3) is 10.9 Å². The maximum atomic E-state index is 4.61. The van der Waals surface area contributed by atoms with Crippen molar-refractivity contribution < 1.29 is 0 Å². The Morgan fingerprint density at radius 3 is 2.95 bits per heavy atom. The summed E-state index contributed by atoms with van der Waals surface area (Å²) in [6.45, 7) is 3.81. The number of piperazine rings is 1. The molecule has 1 aromatic carbocycles. The fourth-order valence-corrected chi connectivity index (χ4v) is 2.60. The minimum atomic E-state index is 0.774. The van der Waals surface area contributed by atoms with Gasteiger partial charge in [0.25, 0.3) is 0 Å². The van der Waals surface area contributed by atoms with Crippen molar-refractivity contribution in [3.63, 3.8) is 0 Å². The number of nitrogens with zero attached hydrogens (tertiary/aromatic N) is 4. The molecule has 1 aliphatic rings. The highest BCUT2D eigenvalue weighted by Gasteiger charge is 2.13. The highest BCUT2D eigenvalue weighted by atomic mass is 15.3. The number of hydrogen-bond donors (Lipinski definition) is 3. The fourth-order valence-electron chi connectivity index (χ4n) is 2.60. The van der Waals surface area contributed by atoms with Crippen LogP contribution in [-0.2, 0) is 0 Å². The Morgan fingerprint density at radius 2 is 2.05 bits per heavy atom. The summed E-state index contributed by atoms with van der Waals surface area (Å²) in [4.78, 5) is 11.2. The molecule has 22 heavy (non-hydrogen) atoms. The maximum Gasteiger partial charge on any atom is 0.227 e. The van der Waals surface area contributed by atoms with Gasteiger partial charge in [-0.2, -0.15) is 10.1 Å². The number of fused-ring (bicyclic) bond motifs is 1. The molecule has 0 unspecified atom stereocenters. The standard InChI is InChI=1S/C15H17N7/c1-2-13-11(10-18-21-13)9-12(1)19-14-3-4-17-15(20-14)22-7-5-16-6-8-22/h1-4,9-10,16H,5-8H2,(H,18,21)(H,17,19,20). The van der Waals surface area contributed by atoms with E-state index in [-0.39, 0.29) is 0 Å². The van der Waals surface area contributed by atoms with Crippen molar-refractivity contribution in [1.29, 1.82) is 0 Å². The molecule has 3 heterocycles. The smallest absolute Gasteiger partial charge is 0.227 e. The molecule has 1 saturated heterocycles. The normalized spacial score (nSPS) is 15.2. The van der Waals surface area contributed by atoms with Gasteiger partial charge in [-0.15, -0.1) is 0 Å². The molecule has 112 valence electrons. The van der Waals surface area contributed by atoms with Crippen LogP contribution in [0.1, 0.15) is 0 Å². The van der Waals surface area contributed by atoms with E-state index in [4.69, 9.17) is 0 Å². The molecular weight excluding hydrogens is 278 g/mol. The topological polar surface area (TPSA) is 81.8 Å². The van der Waals surface area contributed by atoms with Crippen LogP contribution in [0.5, 0.6) is 0 Å². The second-order valence-electron chi connectivity index (χ2n) is 5.28. The third-order valence-electron chi connectivity index (χ3n) is 3.76. The average molecular weight is 295 g/mol. The van der Waals surface area contributed by atoms with E-state index >= 15 is 0 Å². The van der Waals surface area contributed by atoms with Crippen LogP contribution < -0.4 is 15.5 Å². The lowest BCUT2D eigenvalue weighted by Crippen LogP contribution is -2.44. The molecule has 0 amide bonds. The summed E-state index contributed by atoms with van der Waals surface area (Å²) < 4.78 is 0. The summed E-state index contributed by atoms with van der Waals surface area (Å²) in [5.74, 6) is 1.57. The van der Waals surface area contributed by atoms with Crippen LogP contribution in [0.4, 0.5) is 17.5 Å². The first-order chi connectivity index (χ1) is 10.9. The molecule has 0 radical (unpaired) electrons. The number of nitrogens with one attached hydrogen (secondary N) is 3. The van der Waals surface area contributed by atoms with Crippen molar-refractivity contribution in [2.45, 2.75) is 0 Å². The Bertz CT molecular complexity index is 776. The lowest BCUT2D eigenvalue weighted by atomic mass is 10.2. The van der Waals surface area contributed by atoms with Crippen LogP contribution in [0.3, 0.4) is 0 Å². The predicted octanol–water partition coefficient (Wildman–Crippen LogP) is 1.51. The summed E-state index contributed by atoms with van der Waals surface area (Å²) in [5.41, 5.74) is 2.01. The van der Waals surface area contributed by atoms with Crippen LogP contribution in [0.15, 0.2) is 36.7 Å². The van der Waals surface area contributed by atoms with Crippen molar-refractivity contribution in [3.05, 3.63) is 36.7 Å². The quantitative estimate of drug-likeness (QED) is 0.679. The van der Waals surface area contributed by atoms with E-state index < -0.39 is 0 Å². The van der Waals surface area contributed by atoms with E-state index in [0.29, 0.717) is 0 Å². The molecule has 0 aliphatic carbocycles. The SMILES string of the molecule is c1cc(Nc2ccc3[nH]ncc3c2)nc(N2CCNCC2)n1. The van der Waals surface area contributed by atoms with Crippen molar-refractivity contribution in [2.75, 3.05) is 36.4 Å². The van der Waals surface area contributed by atoms with Crippen molar-refractivity contribution in [1.82, 2.24) is 25.5 Å². The lowest BCUT2D eigenvalue weighted by Gasteiger charge is -2.27. The molecule has 0 saturated carbocycles. The van der Waals surface area contributed by atoms with Crippen molar-refractivity contribution >= 4 is 28.4 Å². The van der Waals surface area contributed by atoms with Gasteiger partial charge < -0.3 is 15.5 Å². The van der Waals surface area contributed by atoms with E-state index in [1.54, 1.807) is 6.20 Å². The molecule has 3 N–H and O–H groups in total. The third kappa shape index (κ3) is 2.58. The molecule has 4 rings (SSSR count). The van der Waals surface area contributed by atoms with Gasteiger partial charge in [-0.3, -0.25) is 5.10 Å². The second kappa shape index (κ2) is 5.61. The van der Waals surface area contributed by atoms with Crippen molar-refractivity contribution in [2.24, 2.45) is 0 Å². The monoisotopic (exact) mass is 295 g/mol. The minimum absolute atomic E-state index is 0.774. The van der Waals surface area contributed by atoms with E-state index in [2.05, 4.69) is 35.7 Å². The Hall–Kier alpha value is -2.67. The highest BCUT2D eigenvalue weighted by molar-refractivity contribution is 5.82. The van der Waals surface area contributed by atoms with Gasteiger partial charge in [0, 0.05) is 43.4 Å². The Balaban J connectivity index is 1.56. The zero-order valence-corrected chi connectivity index (χ0v) is 12.1. The second-order valence-corrected chi connectivity index (χ2v) is 5.28. The van der Waals surface area contributed by atoms with E-state index in [0.717, 1.165) is 54.5 Å². The molecule has 3 aromatic rings. The van der Waals surface area contributed by atoms with Gasteiger partial charge in [0.05, 0.1) is 11.7 Å². The summed E-state index contributed by atoms with van der Waals surface area (Å²) in [5, 5.41) is 14.7. The van der Waals surface area contributed by atoms with E-state index in [1.165, 1.54) is 0 Å². The number of aromatic nitrogens is 4.